The monoisotopic (exact) mass is 439 g/mol. The van der Waals surface area contributed by atoms with Crippen LogP contribution < -0.4 is 9.75 Å². The van der Waals surface area contributed by atoms with Crippen molar-refractivity contribution in [3.63, 3.8) is 0 Å². The normalized spacial score (nSPS) is 24.9. The number of carbonyl (C=O) groups is 1. The lowest BCUT2D eigenvalue weighted by Crippen LogP contribution is -2.53. The van der Waals surface area contributed by atoms with Gasteiger partial charge in [-0.1, -0.05) is 36.8 Å². The van der Waals surface area contributed by atoms with E-state index in [0.717, 1.165) is 24.9 Å². The van der Waals surface area contributed by atoms with Crippen molar-refractivity contribution in [2.75, 3.05) is 31.3 Å². The highest BCUT2D eigenvalue weighted by Gasteiger charge is 2.55. The molecule has 7 heteroatoms. The molecule has 1 saturated heterocycles. The van der Waals surface area contributed by atoms with Gasteiger partial charge in [-0.2, -0.15) is 5.10 Å². The first kappa shape index (κ1) is 21.1. The Labute approximate surface area is 186 Å². The summed E-state index contributed by atoms with van der Waals surface area (Å²) in [6.45, 7) is 3.76. The number of hydrazone groups is 1. The molecule has 0 N–H and O–H groups in total. The van der Waals surface area contributed by atoms with Crippen LogP contribution in [0.2, 0.25) is 0 Å². The van der Waals surface area contributed by atoms with Gasteiger partial charge in [0, 0.05) is 26.1 Å². The van der Waals surface area contributed by atoms with Gasteiger partial charge in [0.2, 0.25) is 0 Å². The summed E-state index contributed by atoms with van der Waals surface area (Å²) in [7, 11) is 0. The molecule has 1 fully saturated rings. The van der Waals surface area contributed by atoms with Gasteiger partial charge in [-0.25, -0.2) is 8.78 Å². The molecule has 5 rings (SSSR count). The fourth-order valence-electron chi connectivity index (χ4n) is 5.34. The second-order valence-electron chi connectivity index (χ2n) is 8.94. The molecule has 3 aliphatic heterocycles. The number of carbonyl (C=O) groups excluding carboxylic acids is 1. The molecule has 0 radical (unpaired) electrons. The predicted molar refractivity (Wildman–Crippen MR) is 120 cm³/mol. The Bertz CT molecular complexity index is 1040. The van der Waals surface area contributed by atoms with E-state index in [2.05, 4.69) is 4.90 Å². The van der Waals surface area contributed by atoms with Crippen molar-refractivity contribution in [2.24, 2.45) is 5.10 Å². The summed E-state index contributed by atoms with van der Waals surface area (Å²) in [4.78, 5) is 15.0. The SMILES string of the molecule is CC(=O)C1=NN2c3cc(F)ccc3OCC2[C@]1(CCCCN1CC(F)C1)c1ccccc1. The van der Waals surface area contributed by atoms with Gasteiger partial charge in [-0.3, -0.25) is 14.7 Å². The molecule has 3 aliphatic rings. The Balaban J connectivity index is 1.50. The number of alkyl halides is 1. The number of hydrogen-bond acceptors (Lipinski definition) is 5. The van der Waals surface area contributed by atoms with Crippen molar-refractivity contribution in [3.8, 4) is 5.75 Å². The number of unbranched alkanes of at least 4 members (excludes halogenated alkanes) is 1. The molecule has 32 heavy (non-hydrogen) atoms. The van der Waals surface area contributed by atoms with Crippen molar-refractivity contribution >= 4 is 17.2 Å². The third-order valence-corrected chi connectivity index (χ3v) is 6.89. The van der Waals surface area contributed by atoms with E-state index in [0.29, 0.717) is 43.3 Å². The number of ketones is 1. The summed E-state index contributed by atoms with van der Waals surface area (Å²) in [6, 6.07) is 14.1. The number of hydrogen-bond donors (Lipinski definition) is 0. The second kappa shape index (κ2) is 8.28. The summed E-state index contributed by atoms with van der Waals surface area (Å²) < 4.78 is 33.3. The zero-order valence-electron chi connectivity index (χ0n) is 18.1. The van der Waals surface area contributed by atoms with Crippen molar-refractivity contribution in [1.29, 1.82) is 0 Å². The van der Waals surface area contributed by atoms with Crippen LogP contribution >= 0.6 is 0 Å². The van der Waals surface area contributed by atoms with Crippen molar-refractivity contribution in [2.45, 2.75) is 43.8 Å². The zero-order valence-corrected chi connectivity index (χ0v) is 18.1. The number of anilines is 1. The van der Waals surface area contributed by atoms with Crippen molar-refractivity contribution < 1.29 is 18.3 Å². The van der Waals surface area contributed by atoms with Gasteiger partial charge in [-0.15, -0.1) is 0 Å². The van der Waals surface area contributed by atoms with Gasteiger partial charge in [0.25, 0.3) is 0 Å². The molecule has 168 valence electrons. The van der Waals surface area contributed by atoms with Gasteiger partial charge in [0.15, 0.2) is 5.78 Å². The predicted octanol–water partition coefficient (Wildman–Crippen LogP) is 4.11. The Hall–Kier alpha value is -2.80. The summed E-state index contributed by atoms with van der Waals surface area (Å²) >= 11 is 0. The van der Waals surface area contributed by atoms with Crippen LogP contribution in [0, 0.1) is 5.82 Å². The van der Waals surface area contributed by atoms with Crippen LogP contribution in [0.5, 0.6) is 5.75 Å². The Kier molecular flexibility index (Phi) is 5.45. The van der Waals surface area contributed by atoms with E-state index in [1.165, 1.54) is 12.1 Å². The summed E-state index contributed by atoms with van der Waals surface area (Å²) in [6.07, 6.45) is 1.77. The van der Waals surface area contributed by atoms with Crippen LogP contribution in [-0.4, -0.2) is 54.8 Å². The molecule has 0 spiro atoms. The van der Waals surface area contributed by atoms with E-state index >= 15 is 0 Å². The molecular weight excluding hydrogens is 412 g/mol. The molecule has 0 aromatic heterocycles. The lowest BCUT2D eigenvalue weighted by molar-refractivity contribution is -0.111. The van der Waals surface area contributed by atoms with Crippen LogP contribution in [0.1, 0.15) is 31.7 Å². The number of benzene rings is 2. The molecule has 0 aliphatic carbocycles. The molecule has 2 atom stereocenters. The summed E-state index contributed by atoms with van der Waals surface area (Å²) in [5.41, 5.74) is 1.39. The molecule has 5 nitrogen and oxygen atoms in total. The molecule has 0 saturated carbocycles. The average Bonchev–Trinajstić information content (AvgIpc) is 3.12. The largest absolute Gasteiger partial charge is 0.489 e. The van der Waals surface area contributed by atoms with Gasteiger partial charge in [0.1, 0.15) is 41.8 Å². The number of Topliss-reactive ketones (excluding diaryl/α,β-unsaturated/α-hetero) is 1. The first-order valence-electron chi connectivity index (χ1n) is 11.2. The molecule has 1 unspecified atom stereocenters. The maximum Gasteiger partial charge on any atom is 0.176 e. The number of ether oxygens (including phenoxy) is 1. The van der Waals surface area contributed by atoms with Crippen molar-refractivity contribution in [3.05, 3.63) is 59.9 Å². The molecule has 0 bridgehead atoms. The molecule has 2 aromatic rings. The maximum absolute atomic E-state index is 14.1. The standard InChI is InChI=1S/C25H27F2N3O2/c1-17(31)24-25(18-7-3-2-4-8-18,11-5-6-12-29-14-20(27)15-29)23-16-32-22-10-9-19(26)13-21(22)30(23)28-24/h2-4,7-10,13,20,23H,5-6,11-12,14-16H2,1H3/t23?,25-/m0/s1. The number of likely N-dealkylation sites (tertiary alicyclic amines) is 1. The topological polar surface area (TPSA) is 45.1 Å². The van der Waals surface area contributed by atoms with Gasteiger partial charge in [-0.05, 0) is 37.1 Å². The first-order valence-corrected chi connectivity index (χ1v) is 11.2. The van der Waals surface area contributed by atoms with E-state index in [-0.39, 0.29) is 17.6 Å². The fourth-order valence-corrected chi connectivity index (χ4v) is 5.34. The summed E-state index contributed by atoms with van der Waals surface area (Å²) in [5, 5.41) is 6.55. The van der Waals surface area contributed by atoms with E-state index in [1.54, 1.807) is 18.0 Å². The molecule has 0 amide bonds. The number of rotatable bonds is 7. The van der Waals surface area contributed by atoms with Crippen LogP contribution in [0.4, 0.5) is 14.5 Å². The van der Waals surface area contributed by atoms with Gasteiger partial charge >= 0.3 is 0 Å². The zero-order chi connectivity index (χ0) is 22.3. The second-order valence-corrected chi connectivity index (χ2v) is 8.94. The van der Waals surface area contributed by atoms with E-state index in [1.807, 2.05) is 30.3 Å². The molecule has 3 heterocycles. The van der Waals surface area contributed by atoms with E-state index < -0.39 is 11.6 Å². The van der Waals surface area contributed by atoms with Gasteiger partial charge < -0.3 is 4.74 Å². The van der Waals surface area contributed by atoms with Crippen LogP contribution in [0.15, 0.2) is 53.6 Å². The maximum atomic E-state index is 14.1. The van der Waals surface area contributed by atoms with Crippen LogP contribution in [0.25, 0.3) is 0 Å². The lowest BCUT2D eigenvalue weighted by atomic mass is 9.67. The number of halogens is 2. The highest BCUT2D eigenvalue weighted by Crippen LogP contribution is 2.48. The van der Waals surface area contributed by atoms with Crippen LogP contribution in [-0.2, 0) is 10.2 Å². The van der Waals surface area contributed by atoms with Crippen molar-refractivity contribution in [1.82, 2.24) is 4.90 Å². The number of fused-ring (bicyclic) bond motifs is 3. The third kappa shape index (κ3) is 3.48. The average molecular weight is 440 g/mol. The van der Waals surface area contributed by atoms with E-state index in [9.17, 15) is 13.6 Å². The Morgan fingerprint density at radius 2 is 1.97 bits per heavy atom. The highest BCUT2D eigenvalue weighted by molar-refractivity contribution is 6.43. The number of nitrogens with zero attached hydrogens (tertiary/aromatic N) is 3. The van der Waals surface area contributed by atoms with Crippen LogP contribution in [0.3, 0.4) is 0 Å². The lowest BCUT2D eigenvalue weighted by Gasteiger charge is -2.41. The summed E-state index contributed by atoms with van der Waals surface area (Å²) in [5.74, 6) is 0.103. The minimum Gasteiger partial charge on any atom is -0.489 e. The molecular formula is C25H27F2N3O2. The smallest absolute Gasteiger partial charge is 0.176 e. The minimum atomic E-state index is -0.703. The molecule has 2 aromatic carbocycles. The first-order chi connectivity index (χ1) is 15.5. The van der Waals surface area contributed by atoms with Gasteiger partial charge in [0.05, 0.1) is 5.41 Å². The quantitative estimate of drug-likeness (QED) is 0.609. The third-order valence-electron chi connectivity index (χ3n) is 6.89. The Morgan fingerprint density at radius 1 is 1.19 bits per heavy atom. The fraction of sp³-hybridized carbons (Fsp3) is 0.440. The highest BCUT2D eigenvalue weighted by atomic mass is 19.1. The van der Waals surface area contributed by atoms with E-state index in [4.69, 9.17) is 9.84 Å². The minimum absolute atomic E-state index is 0.0933. The Morgan fingerprint density at radius 3 is 2.69 bits per heavy atom.